The third-order valence-electron chi connectivity index (χ3n) is 7.97. The lowest BCUT2D eigenvalue weighted by molar-refractivity contribution is 0.345. The molecule has 2 atom stereocenters. The summed E-state index contributed by atoms with van der Waals surface area (Å²) in [6, 6.07) is 27.1. The highest BCUT2D eigenvalue weighted by atomic mass is 32.1. The van der Waals surface area contributed by atoms with Crippen LogP contribution in [0.3, 0.4) is 0 Å². The summed E-state index contributed by atoms with van der Waals surface area (Å²) in [7, 11) is 0. The van der Waals surface area contributed by atoms with Crippen LogP contribution in [-0.2, 0) is 0 Å². The van der Waals surface area contributed by atoms with Crippen LogP contribution in [0.2, 0.25) is 0 Å². The van der Waals surface area contributed by atoms with E-state index in [0.717, 1.165) is 22.9 Å². The van der Waals surface area contributed by atoms with Gasteiger partial charge in [-0.2, -0.15) is 0 Å². The Kier molecular flexibility index (Phi) is 6.90. The van der Waals surface area contributed by atoms with E-state index in [9.17, 15) is 0 Å². The van der Waals surface area contributed by atoms with E-state index in [4.69, 9.17) is 21.9 Å². The number of nitrogens with zero attached hydrogens (tertiary/aromatic N) is 3. The number of rotatable bonds is 6. The van der Waals surface area contributed by atoms with Gasteiger partial charge in [-0.3, -0.25) is 4.98 Å². The molecular formula is C32H34N4OS. The van der Waals surface area contributed by atoms with Crippen molar-refractivity contribution in [1.82, 2.24) is 14.9 Å². The number of para-hydroxylation sites is 1. The van der Waals surface area contributed by atoms with Crippen molar-refractivity contribution in [3.8, 4) is 11.5 Å². The van der Waals surface area contributed by atoms with E-state index in [0.29, 0.717) is 11.2 Å². The highest BCUT2D eigenvalue weighted by molar-refractivity contribution is 7.80. The molecule has 1 saturated carbocycles. The van der Waals surface area contributed by atoms with E-state index in [-0.39, 0.29) is 12.1 Å². The zero-order valence-electron chi connectivity index (χ0n) is 22.0. The van der Waals surface area contributed by atoms with E-state index in [2.05, 4.69) is 52.9 Å². The van der Waals surface area contributed by atoms with Crippen LogP contribution in [0.25, 0.3) is 0 Å². The summed E-state index contributed by atoms with van der Waals surface area (Å²) in [5.74, 6) is 1.62. The maximum absolute atomic E-state index is 6.05. The number of hydrogen-bond donors (Lipinski definition) is 1. The van der Waals surface area contributed by atoms with E-state index >= 15 is 0 Å². The monoisotopic (exact) mass is 522 g/mol. The first-order valence-electron chi connectivity index (χ1n) is 13.6. The van der Waals surface area contributed by atoms with E-state index in [1.54, 1.807) is 0 Å². The maximum Gasteiger partial charge on any atom is 0.174 e. The van der Waals surface area contributed by atoms with Crippen molar-refractivity contribution in [3.63, 3.8) is 0 Å². The number of nitrogens with one attached hydrogen (secondary N) is 1. The standard InChI is InChI=1S/C32H34N4OS/c1-22-21-28(23(2)35(22)24-11-5-3-6-12-24)31-30(29-15-9-10-20-33-29)34-32(38)36(31)25-16-18-27(19-17-25)37-26-13-7-4-8-14-26/h4,7-10,13-21,24,30-31H,3,5-6,11-12H2,1-2H3,(H,34,38)/t30-,31-/m1/s1. The van der Waals surface area contributed by atoms with Crippen LogP contribution in [0.5, 0.6) is 11.5 Å². The van der Waals surface area contributed by atoms with Crippen LogP contribution in [-0.4, -0.2) is 14.7 Å². The minimum atomic E-state index is -0.0516. The molecule has 1 aliphatic carbocycles. The zero-order valence-corrected chi connectivity index (χ0v) is 22.8. The minimum absolute atomic E-state index is 0.0122. The Morgan fingerprint density at radius 3 is 2.29 bits per heavy atom. The fourth-order valence-electron chi connectivity index (χ4n) is 6.25. The molecule has 0 radical (unpaired) electrons. The van der Waals surface area contributed by atoms with Crippen molar-refractivity contribution in [2.75, 3.05) is 4.90 Å². The molecule has 38 heavy (non-hydrogen) atoms. The van der Waals surface area contributed by atoms with Gasteiger partial charge in [0.1, 0.15) is 11.5 Å². The number of hydrogen-bond acceptors (Lipinski definition) is 3. The molecule has 0 amide bonds. The van der Waals surface area contributed by atoms with Gasteiger partial charge in [-0.1, -0.05) is 43.5 Å². The van der Waals surface area contributed by atoms with Gasteiger partial charge in [-0.15, -0.1) is 0 Å². The van der Waals surface area contributed by atoms with Gasteiger partial charge < -0.3 is 19.5 Å². The number of ether oxygens (including phenoxy) is 1. The van der Waals surface area contributed by atoms with Crippen LogP contribution in [0.15, 0.2) is 85.1 Å². The predicted octanol–water partition coefficient (Wildman–Crippen LogP) is 7.97. The highest BCUT2D eigenvalue weighted by Crippen LogP contribution is 2.45. The number of benzene rings is 2. The normalized spacial score (nSPS) is 19.9. The second-order valence-electron chi connectivity index (χ2n) is 10.4. The lowest BCUT2D eigenvalue weighted by atomic mass is 9.94. The smallest absolute Gasteiger partial charge is 0.174 e. The molecule has 0 bridgehead atoms. The average Bonchev–Trinajstić information content (AvgIpc) is 3.45. The Morgan fingerprint density at radius 2 is 1.58 bits per heavy atom. The molecule has 3 heterocycles. The SMILES string of the molecule is Cc1cc([C@@H]2[C@@H](c3ccccn3)NC(=S)N2c2ccc(Oc3ccccc3)cc2)c(C)n1C1CCCCC1. The van der Waals surface area contributed by atoms with Crippen molar-refractivity contribution in [1.29, 1.82) is 0 Å². The maximum atomic E-state index is 6.05. The summed E-state index contributed by atoms with van der Waals surface area (Å²) >= 11 is 5.97. The quantitative estimate of drug-likeness (QED) is 0.260. The van der Waals surface area contributed by atoms with E-state index in [1.807, 2.05) is 60.8 Å². The summed E-state index contributed by atoms with van der Waals surface area (Å²) in [5.41, 5.74) is 6.00. The number of aryl methyl sites for hydroxylation is 1. The Labute approximate surface area is 230 Å². The summed E-state index contributed by atoms with van der Waals surface area (Å²) in [6.45, 7) is 4.53. The molecule has 0 spiro atoms. The topological polar surface area (TPSA) is 42.3 Å². The van der Waals surface area contributed by atoms with Crippen LogP contribution in [0, 0.1) is 13.8 Å². The van der Waals surface area contributed by atoms with Gasteiger partial charge in [0.05, 0.1) is 17.8 Å². The fourth-order valence-corrected chi connectivity index (χ4v) is 6.60. The Morgan fingerprint density at radius 1 is 0.868 bits per heavy atom. The van der Waals surface area contributed by atoms with Gasteiger partial charge in [-0.05, 0) is 99.1 Å². The van der Waals surface area contributed by atoms with Crippen LogP contribution < -0.4 is 15.0 Å². The molecule has 2 fully saturated rings. The van der Waals surface area contributed by atoms with Crippen molar-refractivity contribution in [2.45, 2.75) is 64.1 Å². The lowest BCUT2D eigenvalue weighted by Crippen LogP contribution is -2.29. The number of pyridine rings is 1. The molecule has 1 aliphatic heterocycles. The van der Waals surface area contributed by atoms with Crippen molar-refractivity contribution < 1.29 is 4.74 Å². The first-order chi connectivity index (χ1) is 18.6. The van der Waals surface area contributed by atoms with Gasteiger partial charge in [0.2, 0.25) is 0 Å². The van der Waals surface area contributed by atoms with Gasteiger partial charge in [-0.25, -0.2) is 0 Å². The Hall–Kier alpha value is -3.64. The summed E-state index contributed by atoms with van der Waals surface area (Å²) in [4.78, 5) is 6.99. The van der Waals surface area contributed by atoms with Crippen molar-refractivity contribution in [2.24, 2.45) is 0 Å². The molecule has 2 aliphatic rings. The fraction of sp³-hybridized carbons (Fsp3) is 0.312. The van der Waals surface area contributed by atoms with Gasteiger partial charge in [0, 0.05) is 29.3 Å². The number of anilines is 1. The third kappa shape index (κ3) is 4.69. The summed E-state index contributed by atoms with van der Waals surface area (Å²) < 4.78 is 8.63. The molecule has 194 valence electrons. The molecule has 6 rings (SSSR count). The van der Waals surface area contributed by atoms with Gasteiger partial charge in [0.25, 0.3) is 0 Å². The lowest BCUT2D eigenvalue weighted by Gasteiger charge is -2.30. The average molecular weight is 523 g/mol. The Bertz CT molecular complexity index is 1390. The van der Waals surface area contributed by atoms with Crippen LogP contribution in [0.4, 0.5) is 5.69 Å². The van der Waals surface area contributed by atoms with Crippen molar-refractivity contribution >= 4 is 23.0 Å². The first-order valence-corrected chi connectivity index (χ1v) is 14.0. The molecule has 4 aromatic rings. The molecule has 1 N–H and O–H groups in total. The Balaban J connectivity index is 1.38. The van der Waals surface area contributed by atoms with E-state index < -0.39 is 0 Å². The highest BCUT2D eigenvalue weighted by Gasteiger charge is 2.42. The van der Waals surface area contributed by atoms with E-state index in [1.165, 1.54) is 49.1 Å². The van der Waals surface area contributed by atoms with Crippen molar-refractivity contribution in [3.05, 3.63) is 108 Å². The third-order valence-corrected chi connectivity index (χ3v) is 8.29. The molecule has 1 saturated heterocycles. The van der Waals surface area contributed by atoms with Gasteiger partial charge >= 0.3 is 0 Å². The molecule has 0 unspecified atom stereocenters. The number of thiocarbonyl (C=S) groups is 1. The minimum Gasteiger partial charge on any atom is -0.457 e. The zero-order chi connectivity index (χ0) is 26.1. The largest absolute Gasteiger partial charge is 0.457 e. The summed E-state index contributed by atoms with van der Waals surface area (Å²) in [6.07, 6.45) is 8.35. The molecule has 5 nitrogen and oxygen atoms in total. The van der Waals surface area contributed by atoms with Gasteiger partial charge in [0.15, 0.2) is 5.11 Å². The van der Waals surface area contributed by atoms with Crippen LogP contribution in [0.1, 0.15) is 72.9 Å². The molecule has 2 aromatic heterocycles. The second kappa shape index (κ2) is 10.6. The van der Waals surface area contributed by atoms with Crippen LogP contribution >= 0.6 is 12.2 Å². The first kappa shape index (κ1) is 24.7. The molecule has 6 heteroatoms. The second-order valence-corrected chi connectivity index (χ2v) is 10.8. The molecule has 2 aromatic carbocycles. The summed E-state index contributed by atoms with van der Waals surface area (Å²) in [5, 5.41) is 4.32. The molecular weight excluding hydrogens is 488 g/mol. The predicted molar refractivity (Wildman–Crippen MR) is 157 cm³/mol. The number of aromatic nitrogens is 2.